The first-order valence-electron chi connectivity index (χ1n) is 8.51. The number of aromatic nitrogens is 1. The second-order valence-electron chi connectivity index (χ2n) is 6.24. The van der Waals surface area contributed by atoms with E-state index in [9.17, 15) is 0 Å². The Hall–Kier alpha value is -0.840. The Bertz CT molecular complexity index is 688. The number of nitrogens with zero attached hydrogens (tertiary/aromatic N) is 1. The van der Waals surface area contributed by atoms with Crippen molar-refractivity contribution in [2.24, 2.45) is 0 Å². The molecular weight excluding hydrogens is 383 g/mol. The van der Waals surface area contributed by atoms with Crippen molar-refractivity contribution in [3.63, 3.8) is 0 Å². The molecule has 2 nitrogen and oxygen atoms in total. The minimum absolute atomic E-state index is 0. The predicted octanol–water partition coefficient (Wildman–Crippen LogP) is 1.58. The van der Waals surface area contributed by atoms with E-state index in [-0.39, 0.29) is 24.0 Å². The van der Waals surface area contributed by atoms with Crippen molar-refractivity contribution in [1.82, 2.24) is 4.57 Å². The third-order valence-corrected chi connectivity index (χ3v) is 4.77. The second-order valence-corrected chi connectivity index (χ2v) is 6.24. The summed E-state index contributed by atoms with van der Waals surface area (Å²) in [6.07, 6.45) is 10.1. The summed E-state index contributed by atoms with van der Waals surface area (Å²) in [7, 11) is 0. The summed E-state index contributed by atoms with van der Waals surface area (Å²) < 4.78 is 2.52. The highest BCUT2D eigenvalue weighted by molar-refractivity contribution is 5.80. The summed E-state index contributed by atoms with van der Waals surface area (Å²) in [5.74, 6) is 0. The van der Waals surface area contributed by atoms with Gasteiger partial charge in [-0.1, -0.05) is 50.8 Å². The van der Waals surface area contributed by atoms with Gasteiger partial charge >= 0.3 is 0 Å². The summed E-state index contributed by atoms with van der Waals surface area (Å²) in [4.78, 5) is 0. The standard InChI is InChI=1S/C19H26N2.HI/c1-2-3-4-5-8-14-21-17-12-7-6-10-15(17)19(20)16-11-9-13-18(16)21;/h6-7,10,12,20H,2-5,8-9,11,13-14H2,1H3;1H/p-1. The summed E-state index contributed by atoms with van der Waals surface area (Å²) in [5, 5.41) is 10.4. The maximum Gasteiger partial charge on any atom is 0.0682 e. The number of unbranched alkanes of at least 4 members (excludes halogenated alkanes) is 4. The SMILES string of the molecule is CCCCCCCn1c2c(c(=N)c3ccccc31)CCC2.[I-]. The van der Waals surface area contributed by atoms with Gasteiger partial charge in [-0.05, 0) is 37.3 Å². The van der Waals surface area contributed by atoms with Crippen molar-refractivity contribution >= 4 is 10.9 Å². The zero-order valence-corrected chi connectivity index (χ0v) is 15.7. The first-order chi connectivity index (χ1) is 10.3. The fourth-order valence-electron chi connectivity index (χ4n) is 3.65. The number of rotatable bonds is 6. The number of fused-ring (bicyclic) bond motifs is 2. The number of hydrogen-bond acceptors (Lipinski definition) is 1. The molecule has 22 heavy (non-hydrogen) atoms. The molecule has 0 radical (unpaired) electrons. The van der Waals surface area contributed by atoms with Crippen LogP contribution in [0.1, 0.15) is 56.7 Å². The lowest BCUT2D eigenvalue weighted by Gasteiger charge is -2.17. The van der Waals surface area contributed by atoms with Gasteiger partial charge in [0, 0.05) is 17.6 Å². The highest BCUT2D eigenvalue weighted by Crippen LogP contribution is 2.24. The molecule has 1 aliphatic rings. The van der Waals surface area contributed by atoms with Crippen LogP contribution in [0.15, 0.2) is 24.3 Å². The molecule has 1 aromatic heterocycles. The second kappa shape index (κ2) is 8.14. The van der Waals surface area contributed by atoms with E-state index in [1.54, 1.807) is 0 Å². The van der Waals surface area contributed by atoms with Crippen LogP contribution < -0.4 is 29.3 Å². The Labute approximate surface area is 150 Å². The molecule has 0 amide bonds. The molecule has 0 saturated carbocycles. The molecule has 1 aromatic carbocycles. The number of nitrogens with one attached hydrogen (secondary N) is 1. The zero-order valence-electron chi connectivity index (χ0n) is 13.5. The highest BCUT2D eigenvalue weighted by atomic mass is 127. The lowest BCUT2D eigenvalue weighted by Crippen LogP contribution is -3.00. The van der Waals surface area contributed by atoms with Crippen molar-refractivity contribution < 1.29 is 24.0 Å². The van der Waals surface area contributed by atoms with Crippen molar-refractivity contribution in [3.8, 4) is 0 Å². The fourth-order valence-corrected chi connectivity index (χ4v) is 3.65. The molecule has 2 aromatic rings. The number of aryl methyl sites for hydroxylation is 1. The predicted molar refractivity (Wildman–Crippen MR) is 88.6 cm³/mol. The van der Waals surface area contributed by atoms with Gasteiger partial charge in [-0.15, -0.1) is 0 Å². The summed E-state index contributed by atoms with van der Waals surface area (Å²) >= 11 is 0. The quantitative estimate of drug-likeness (QED) is 0.555. The van der Waals surface area contributed by atoms with E-state index in [0.717, 1.165) is 30.1 Å². The van der Waals surface area contributed by atoms with Gasteiger partial charge in [-0.25, -0.2) is 0 Å². The largest absolute Gasteiger partial charge is 1.00 e. The average molecular weight is 409 g/mol. The average Bonchev–Trinajstić information content (AvgIpc) is 3.00. The van der Waals surface area contributed by atoms with Crippen LogP contribution in [0.3, 0.4) is 0 Å². The topological polar surface area (TPSA) is 28.8 Å². The molecule has 1 N–H and O–H groups in total. The molecule has 1 aliphatic carbocycles. The van der Waals surface area contributed by atoms with Crippen LogP contribution in [0, 0.1) is 5.41 Å². The molecule has 0 fully saturated rings. The van der Waals surface area contributed by atoms with Crippen molar-refractivity contribution in [2.75, 3.05) is 0 Å². The fraction of sp³-hybridized carbons (Fsp3) is 0.526. The van der Waals surface area contributed by atoms with Crippen LogP contribution in [-0.2, 0) is 19.4 Å². The van der Waals surface area contributed by atoms with Gasteiger partial charge in [0.2, 0.25) is 0 Å². The first-order valence-corrected chi connectivity index (χ1v) is 8.51. The Morgan fingerprint density at radius 3 is 2.64 bits per heavy atom. The van der Waals surface area contributed by atoms with Crippen LogP contribution in [0.5, 0.6) is 0 Å². The van der Waals surface area contributed by atoms with Crippen LogP contribution in [0.4, 0.5) is 0 Å². The van der Waals surface area contributed by atoms with Crippen LogP contribution in [0.2, 0.25) is 0 Å². The number of benzene rings is 1. The maximum atomic E-state index is 8.47. The van der Waals surface area contributed by atoms with E-state index in [1.807, 2.05) is 0 Å². The van der Waals surface area contributed by atoms with Gasteiger partial charge < -0.3 is 28.5 Å². The zero-order chi connectivity index (χ0) is 14.7. The summed E-state index contributed by atoms with van der Waals surface area (Å²) in [5.41, 5.74) is 4.01. The smallest absolute Gasteiger partial charge is 0.0682 e. The molecule has 0 spiro atoms. The molecule has 1 heterocycles. The highest BCUT2D eigenvalue weighted by Gasteiger charge is 2.18. The Morgan fingerprint density at radius 2 is 1.82 bits per heavy atom. The van der Waals surface area contributed by atoms with Crippen LogP contribution >= 0.6 is 0 Å². The van der Waals surface area contributed by atoms with Gasteiger partial charge in [0.1, 0.15) is 0 Å². The maximum absolute atomic E-state index is 8.47. The molecule has 3 heteroatoms. The van der Waals surface area contributed by atoms with Crippen molar-refractivity contribution in [3.05, 3.63) is 40.9 Å². The molecule has 0 unspecified atom stereocenters. The number of halogens is 1. The Kier molecular flexibility index (Phi) is 6.48. The normalized spacial score (nSPS) is 13.1. The Morgan fingerprint density at radius 1 is 1.05 bits per heavy atom. The number of hydrogen-bond donors (Lipinski definition) is 1. The van der Waals surface area contributed by atoms with Gasteiger partial charge in [0.25, 0.3) is 0 Å². The number of para-hydroxylation sites is 1. The molecule has 3 rings (SSSR count). The van der Waals surface area contributed by atoms with Gasteiger partial charge in [0.05, 0.1) is 10.9 Å². The third-order valence-electron chi connectivity index (χ3n) is 4.77. The number of pyridine rings is 1. The van der Waals surface area contributed by atoms with Crippen molar-refractivity contribution in [2.45, 2.75) is 64.8 Å². The van der Waals surface area contributed by atoms with E-state index in [1.165, 1.54) is 55.3 Å². The van der Waals surface area contributed by atoms with Crippen LogP contribution in [-0.4, -0.2) is 4.57 Å². The van der Waals surface area contributed by atoms with Gasteiger partial charge in [-0.2, -0.15) is 0 Å². The Balaban J connectivity index is 0.00000176. The molecule has 0 atom stereocenters. The summed E-state index contributed by atoms with van der Waals surface area (Å²) in [6.45, 7) is 3.38. The summed E-state index contributed by atoms with van der Waals surface area (Å²) in [6, 6.07) is 8.48. The first kappa shape index (κ1) is 17.5. The van der Waals surface area contributed by atoms with Gasteiger partial charge in [0.15, 0.2) is 0 Å². The van der Waals surface area contributed by atoms with Gasteiger partial charge in [-0.3, -0.25) is 5.41 Å². The minimum atomic E-state index is 0. The molecule has 0 bridgehead atoms. The van der Waals surface area contributed by atoms with E-state index >= 15 is 0 Å². The molecule has 0 aliphatic heterocycles. The molecular formula is C19H26IN2-. The van der Waals surface area contributed by atoms with E-state index < -0.39 is 0 Å². The molecule has 120 valence electrons. The monoisotopic (exact) mass is 409 g/mol. The van der Waals surface area contributed by atoms with E-state index in [0.29, 0.717) is 0 Å². The van der Waals surface area contributed by atoms with Crippen molar-refractivity contribution in [1.29, 1.82) is 5.41 Å². The minimum Gasteiger partial charge on any atom is -1.00 e. The van der Waals surface area contributed by atoms with E-state index in [4.69, 9.17) is 5.41 Å². The van der Waals surface area contributed by atoms with Crippen LogP contribution in [0.25, 0.3) is 10.9 Å². The van der Waals surface area contributed by atoms with E-state index in [2.05, 4.69) is 35.8 Å². The lowest BCUT2D eigenvalue weighted by atomic mass is 10.1. The lowest BCUT2D eigenvalue weighted by molar-refractivity contribution is -0.00000460. The third kappa shape index (κ3) is 3.39. The molecule has 0 saturated heterocycles.